The topological polar surface area (TPSA) is 84.5 Å². The van der Waals surface area contributed by atoms with Crippen molar-refractivity contribution in [2.75, 3.05) is 13.2 Å². The third kappa shape index (κ3) is 7.96. The Morgan fingerprint density at radius 1 is 1.07 bits per heavy atom. The van der Waals surface area contributed by atoms with Crippen LogP contribution in [0.15, 0.2) is 60.7 Å². The van der Waals surface area contributed by atoms with Crippen LogP contribution in [0, 0.1) is 5.82 Å². The third-order valence-corrected chi connectivity index (χ3v) is 3.96. The van der Waals surface area contributed by atoms with Gasteiger partial charge in [-0.05, 0) is 36.6 Å². The molecule has 2 amide bonds. The Morgan fingerprint density at radius 2 is 1.76 bits per heavy atom. The molecule has 0 saturated carbocycles. The summed E-state index contributed by atoms with van der Waals surface area (Å²) in [5.41, 5.74) is 1.34. The zero-order valence-corrected chi connectivity index (χ0v) is 16.1. The van der Waals surface area contributed by atoms with Crippen molar-refractivity contribution in [3.63, 3.8) is 0 Å². The van der Waals surface area contributed by atoms with E-state index in [-0.39, 0.29) is 12.4 Å². The molecule has 0 aromatic heterocycles. The number of amides is 2. The van der Waals surface area contributed by atoms with E-state index in [1.54, 1.807) is 24.3 Å². The first-order valence-corrected chi connectivity index (χ1v) is 9.16. The molecule has 2 rings (SSSR count). The molecule has 0 bridgehead atoms. The maximum atomic E-state index is 13.5. The highest BCUT2D eigenvalue weighted by Gasteiger charge is 2.17. The quantitative estimate of drug-likeness (QED) is 0.501. The van der Waals surface area contributed by atoms with E-state index in [0.717, 1.165) is 5.56 Å². The van der Waals surface area contributed by atoms with Crippen molar-refractivity contribution in [3.8, 4) is 0 Å². The van der Waals surface area contributed by atoms with Gasteiger partial charge in [0.25, 0.3) is 5.91 Å². The lowest BCUT2D eigenvalue weighted by atomic mass is 10.1. The molecule has 2 aromatic carbocycles. The maximum Gasteiger partial charge on any atom is 0.328 e. The molecular weight excluding hydrogens is 375 g/mol. The second-order valence-electron chi connectivity index (χ2n) is 6.27. The van der Waals surface area contributed by atoms with Crippen molar-refractivity contribution in [3.05, 3.63) is 77.6 Å². The summed E-state index contributed by atoms with van der Waals surface area (Å²) >= 11 is 0. The van der Waals surface area contributed by atoms with Gasteiger partial charge in [0, 0.05) is 12.6 Å². The molecule has 6 nitrogen and oxygen atoms in total. The highest BCUT2D eigenvalue weighted by atomic mass is 19.1. The number of carbonyl (C=O) groups excluding carboxylic acids is 3. The highest BCUT2D eigenvalue weighted by Crippen LogP contribution is 2.06. The maximum absolute atomic E-state index is 13.5. The van der Waals surface area contributed by atoms with E-state index in [2.05, 4.69) is 10.6 Å². The van der Waals surface area contributed by atoms with Crippen molar-refractivity contribution in [1.82, 2.24) is 10.6 Å². The van der Waals surface area contributed by atoms with Crippen LogP contribution in [0.5, 0.6) is 0 Å². The van der Waals surface area contributed by atoms with Gasteiger partial charge in [-0.15, -0.1) is 0 Å². The standard InChI is InChI=1S/C22H23FN2O4/c1-16(25-20(26)12-11-17-7-3-2-4-8-17)22(28)29-15-21(27)24-14-13-18-9-5-6-10-19(18)23/h2-12,16H,13-15H2,1H3,(H,24,27)(H,25,26)/b12-11+/t16-/m0/s1. The molecule has 152 valence electrons. The van der Waals surface area contributed by atoms with Crippen molar-refractivity contribution in [1.29, 1.82) is 0 Å². The molecule has 7 heteroatoms. The Kier molecular flexibility index (Phi) is 8.56. The number of carbonyl (C=O) groups is 3. The van der Waals surface area contributed by atoms with Crippen LogP contribution in [0.3, 0.4) is 0 Å². The van der Waals surface area contributed by atoms with Gasteiger partial charge in [0.1, 0.15) is 11.9 Å². The van der Waals surface area contributed by atoms with Gasteiger partial charge < -0.3 is 15.4 Å². The Hall–Kier alpha value is -3.48. The summed E-state index contributed by atoms with van der Waals surface area (Å²) < 4.78 is 18.4. The minimum atomic E-state index is -0.908. The van der Waals surface area contributed by atoms with Crippen LogP contribution >= 0.6 is 0 Å². The highest BCUT2D eigenvalue weighted by molar-refractivity contribution is 5.94. The van der Waals surface area contributed by atoms with Crippen LogP contribution in [-0.4, -0.2) is 37.0 Å². The van der Waals surface area contributed by atoms with Gasteiger partial charge in [-0.1, -0.05) is 48.5 Å². The minimum absolute atomic E-state index is 0.216. The molecule has 2 aromatic rings. The van der Waals surface area contributed by atoms with Gasteiger partial charge in [0.2, 0.25) is 5.91 Å². The fourth-order valence-electron chi connectivity index (χ4n) is 2.41. The second-order valence-corrected chi connectivity index (χ2v) is 6.27. The molecule has 0 fully saturated rings. The van der Waals surface area contributed by atoms with E-state index < -0.39 is 30.4 Å². The largest absolute Gasteiger partial charge is 0.454 e. The van der Waals surface area contributed by atoms with Crippen LogP contribution in [-0.2, 0) is 25.5 Å². The summed E-state index contributed by atoms with van der Waals surface area (Å²) in [6.45, 7) is 1.21. The zero-order chi connectivity index (χ0) is 21.1. The van der Waals surface area contributed by atoms with Gasteiger partial charge in [-0.3, -0.25) is 9.59 Å². The first-order valence-electron chi connectivity index (χ1n) is 9.16. The first kappa shape index (κ1) is 21.8. The molecule has 2 N–H and O–H groups in total. The number of benzene rings is 2. The number of ether oxygens (including phenoxy) is 1. The first-order chi connectivity index (χ1) is 14.0. The second kappa shape index (κ2) is 11.4. The predicted octanol–water partition coefficient (Wildman–Crippen LogP) is 2.25. The normalized spacial score (nSPS) is 11.7. The molecule has 0 aliphatic rings. The van der Waals surface area contributed by atoms with Crippen molar-refractivity contribution in [2.24, 2.45) is 0 Å². The van der Waals surface area contributed by atoms with E-state index in [1.807, 2.05) is 30.3 Å². The minimum Gasteiger partial charge on any atom is -0.454 e. The molecular formula is C22H23FN2O4. The molecule has 0 aliphatic heterocycles. The molecule has 0 heterocycles. The number of hydrogen-bond acceptors (Lipinski definition) is 4. The zero-order valence-electron chi connectivity index (χ0n) is 16.1. The van der Waals surface area contributed by atoms with Gasteiger partial charge in [-0.25, -0.2) is 9.18 Å². The van der Waals surface area contributed by atoms with Crippen LogP contribution in [0.25, 0.3) is 6.08 Å². The number of hydrogen-bond donors (Lipinski definition) is 2. The summed E-state index contributed by atoms with van der Waals surface area (Å²) in [5.74, 6) is -2.01. The Morgan fingerprint density at radius 3 is 2.48 bits per heavy atom. The molecule has 1 atom stereocenters. The fraction of sp³-hybridized carbons (Fsp3) is 0.227. The third-order valence-electron chi connectivity index (χ3n) is 3.96. The number of esters is 1. The number of nitrogens with one attached hydrogen (secondary N) is 2. The monoisotopic (exact) mass is 398 g/mol. The van der Waals surface area contributed by atoms with E-state index in [1.165, 1.54) is 19.1 Å². The Bertz CT molecular complexity index is 868. The lowest BCUT2D eigenvalue weighted by Crippen LogP contribution is -2.40. The molecule has 0 spiro atoms. The molecule has 0 radical (unpaired) electrons. The van der Waals surface area contributed by atoms with Gasteiger partial charge in [0.05, 0.1) is 0 Å². The SMILES string of the molecule is C[C@H](NC(=O)/C=C/c1ccccc1)C(=O)OCC(=O)NCCc1ccccc1F. The fourth-order valence-corrected chi connectivity index (χ4v) is 2.41. The average molecular weight is 398 g/mol. The van der Waals surface area contributed by atoms with Crippen molar-refractivity contribution in [2.45, 2.75) is 19.4 Å². The molecule has 0 unspecified atom stereocenters. The van der Waals surface area contributed by atoms with Crippen LogP contribution in [0.2, 0.25) is 0 Å². The molecule has 0 saturated heterocycles. The van der Waals surface area contributed by atoms with Crippen LogP contribution < -0.4 is 10.6 Å². The van der Waals surface area contributed by atoms with Crippen molar-refractivity contribution < 1.29 is 23.5 Å². The molecule has 0 aliphatic carbocycles. The lowest BCUT2D eigenvalue weighted by Gasteiger charge is -2.12. The van der Waals surface area contributed by atoms with Gasteiger partial charge in [0.15, 0.2) is 6.61 Å². The Labute approximate surface area is 168 Å². The van der Waals surface area contributed by atoms with E-state index in [0.29, 0.717) is 12.0 Å². The van der Waals surface area contributed by atoms with Crippen molar-refractivity contribution >= 4 is 23.9 Å². The predicted molar refractivity (Wildman–Crippen MR) is 107 cm³/mol. The van der Waals surface area contributed by atoms with Crippen LogP contribution in [0.4, 0.5) is 4.39 Å². The average Bonchev–Trinajstić information content (AvgIpc) is 2.72. The lowest BCUT2D eigenvalue weighted by molar-refractivity contribution is -0.150. The summed E-state index contributed by atoms with van der Waals surface area (Å²) in [6, 6.07) is 14.6. The van der Waals surface area contributed by atoms with E-state index in [9.17, 15) is 18.8 Å². The molecule has 29 heavy (non-hydrogen) atoms. The summed E-state index contributed by atoms with van der Waals surface area (Å²) in [6.07, 6.45) is 3.26. The van der Waals surface area contributed by atoms with Gasteiger partial charge >= 0.3 is 5.97 Å². The van der Waals surface area contributed by atoms with Crippen LogP contribution in [0.1, 0.15) is 18.1 Å². The van der Waals surface area contributed by atoms with E-state index in [4.69, 9.17) is 4.74 Å². The smallest absolute Gasteiger partial charge is 0.328 e. The summed E-state index contributed by atoms with van der Waals surface area (Å²) in [7, 11) is 0. The summed E-state index contributed by atoms with van der Waals surface area (Å²) in [5, 5.41) is 5.02. The number of halogens is 1. The Balaban J connectivity index is 1.66. The van der Waals surface area contributed by atoms with Gasteiger partial charge in [-0.2, -0.15) is 0 Å². The summed E-state index contributed by atoms with van der Waals surface area (Å²) in [4.78, 5) is 35.5. The van der Waals surface area contributed by atoms with E-state index >= 15 is 0 Å². The number of rotatable bonds is 9.